The lowest BCUT2D eigenvalue weighted by molar-refractivity contribution is -0.123. The van der Waals surface area contributed by atoms with Crippen molar-refractivity contribution in [3.05, 3.63) is 29.8 Å². The van der Waals surface area contributed by atoms with E-state index in [2.05, 4.69) is 10.6 Å². The second-order valence-corrected chi connectivity index (χ2v) is 5.31. The maximum atomic E-state index is 11.8. The summed E-state index contributed by atoms with van der Waals surface area (Å²) in [4.78, 5) is 25.1. The van der Waals surface area contributed by atoms with E-state index in [1.54, 1.807) is 11.9 Å². The van der Waals surface area contributed by atoms with Crippen molar-refractivity contribution < 1.29 is 9.59 Å². The molecule has 0 aliphatic rings. The number of benzene rings is 1. The van der Waals surface area contributed by atoms with Gasteiger partial charge in [-0.2, -0.15) is 0 Å². The number of nitrogens with one attached hydrogen (secondary N) is 2. The third-order valence-corrected chi connectivity index (χ3v) is 2.61. The zero-order valence-electron chi connectivity index (χ0n) is 12.6. The van der Waals surface area contributed by atoms with Crippen molar-refractivity contribution in [3.63, 3.8) is 0 Å². The molecule has 2 amide bonds. The van der Waals surface area contributed by atoms with Crippen LogP contribution in [0.1, 0.15) is 19.4 Å². The molecular formula is C15H23N3O2. The van der Waals surface area contributed by atoms with E-state index in [9.17, 15) is 9.59 Å². The number of hydrogen-bond donors (Lipinski definition) is 2. The van der Waals surface area contributed by atoms with Crippen LogP contribution >= 0.6 is 0 Å². The fraction of sp³-hybridized carbons (Fsp3) is 0.467. The first-order chi connectivity index (χ1) is 9.36. The Labute approximate surface area is 120 Å². The molecule has 0 aliphatic carbocycles. The number of hydrogen-bond acceptors (Lipinski definition) is 3. The first-order valence-electron chi connectivity index (χ1n) is 6.71. The molecule has 1 aromatic rings. The van der Waals surface area contributed by atoms with Crippen LogP contribution in [0.4, 0.5) is 5.69 Å². The molecular weight excluding hydrogens is 254 g/mol. The number of likely N-dealkylation sites (N-methyl/N-ethyl adjacent to an activating group) is 1. The number of aryl methyl sites for hydroxylation is 1. The predicted octanol–water partition coefficient (Wildman–Crippen LogP) is 1.39. The number of carbonyl (C=O) groups excluding carboxylic acids is 2. The lowest BCUT2D eigenvalue weighted by atomic mass is 10.2. The van der Waals surface area contributed by atoms with Crippen LogP contribution in [0.15, 0.2) is 24.3 Å². The molecule has 0 atom stereocenters. The van der Waals surface area contributed by atoms with E-state index in [0.29, 0.717) is 0 Å². The first kappa shape index (κ1) is 16.2. The molecule has 2 N–H and O–H groups in total. The van der Waals surface area contributed by atoms with Crippen LogP contribution in [-0.4, -0.2) is 42.9 Å². The number of rotatable bonds is 6. The summed E-state index contributed by atoms with van der Waals surface area (Å²) in [6.45, 7) is 6.19. The van der Waals surface area contributed by atoms with Crippen molar-refractivity contribution in [2.75, 3.05) is 25.5 Å². The average Bonchev–Trinajstić information content (AvgIpc) is 2.30. The highest BCUT2D eigenvalue weighted by Gasteiger charge is 2.11. The molecule has 0 bridgehead atoms. The summed E-state index contributed by atoms with van der Waals surface area (Å²) in [7, 11) is 1.74. The monoisotopic (exact) mass is 277 g/mol. The average molecular weight is 277 g/mol. The van der Waals surface area contributed by atoms with Gasteiger partial charge >= 0.3 is 0 Å². The lowest BCUT2D eigenvalue weighted by Crippen LogP contribution is -2.41. The van der Waals surface area contributed by atoms with E-state index >= 15 is 0 Å². The fourth-order valence-corrected chi connectivity index (χ4v) is 1.75. The van der Waals surface area contributed by atoms with Crippen LogP contribution in [0.25, 0.3) is 0 Å². The Morgan fingerprint density at radius 1 is 1.10 bits per heavy atom. The maximum absolute atomic E-state index is 11.8. The van der Waals surface area contributed by atoms with Gasteiger partial charge in [-0.1, -0.05) is 17.7 Å². The minimum atomic E-state index is -0.131. The van der Waals surface area contributed by atoms with Crippen LogP contribution in [0, 0.1) is 6.92 Å². The van der Waals surface area contributed by atoms with Gasteiger partial charge in [-0.05, 0) is 40.0 Å². The summed E-state index contributed by atoms with van der Waals surface area (Å²) < 4.78 is 0. The molecule has 0 spiro atoms. The number of amides is 2. The summed E-state index contributed by atoms with van der Waals surface area (Å²) in [5, 5.41) is 5.59. The Morgan fingerprint density at radius 3 is 2.20 bits per heavy atom. The van der Waals surface area contributed by atoms with Gasteiger partial charge in [0, 0.05) is 11.7 Å². The Bertz CT molecular complexity index is 455. The van der Waals surface area contributed by atoms with Gasteiger partial charge in [-0.3, -0.25) is 14.5 Å². The summed E-state index contributed by atoms with van der Waals surface area (Å²) in [6.07, 6.45) is 0. The topological polar surface area (TPSA) is 61.4 Å². The highest BCUT2D eigenvalue weighted by molar-refractivity contribution is 5.92. The molecule has 0 saturated carbocycles. The second-order valence-electron chi connectivity index (χ2n) is 5.31. The van der Waals surface area contributed by atoms with Gasteiger partial charge in [0.2, 0.25) is 11.8 Å². The second kappa shape index (κ2) is 7.65. The van der Waals surface area contributed by atoms with Crippen LogP contribution in [-0.2, 0) is 9.59 Å². The maximum Gasteiger partial charge on any atom is 0.238 e. The van der Waals surface area contributed by atoms with Gasteiger partial charge < -0.3 is 10.6 Å². The normalized spacial score (nSPS) is 10.7. The molecule has 110 valence electrons. The van der Waals surface area contributed by atoms with Gasteiger partial charge in [0.25, 0.3) is 0 Å². The van der Waals surface area contributed by atoms with Crippen molar-refractivity contribution in [3.8, 4) is 0 Å². The molecule has 0 unspecified atom stereocenters. The van der Waals surface area contributed by atoms with Crippen LogP contribution in [0.5, 0.6) is 0 Å². The van der Waals surface area contributed by atoms with E-state index in [0.717, 1.165) is 11.3 Å². The summed E-state index contributed by atoms with van der Waals surface area (Å²) in [5.41, 5.74) is 1.91. The van der Waals surface area contributed by atoms with E-state index in [1.807, 2.05) is 45.0 Å². The van der Waals surface area contributed by atoms with Crippen molar-refractivity contribution in [2.24, 2.45) is 0 Å². The van der Waals surface area contributed by atoms with Crippen LogP contribution in [0.3, 0.4) is 0 Å². The molecule has 0 heterocycles. The molecule has 0 saturated heterocycles. The Hall–Kier alpha value is -1.88. The highest BCUT2D eigenvalue weighted by Crippen LogP contribution is 2.08. The molecule has 0 aliphatic heterocycles. The molecule has 0 radical (unpaired) electrons. The van der Waals surface area contributed by atoms with E-state index in [4.69, 9.17) is 0 Å². The van der Waals surface area contributed by atoms with Crippen LogP contribution < -0.4 is 10.6 Å². The van der Waals surface area contributed by atoms with Crippen molar-refractivity contribution in [2.45, 2.75) is 26.8 Å². The van der Waals surface area contributed by atoms with Crippen molar-refractivity contribution in [1.82, 2.24) is 10.2 Å². The summed E-state index contributed by atoms with van der Waals surface area (Å²) >= 11 is 0. The smallest absolute Gasteiger partial charge is 0.238 e. The zero-order chi connectivity index (χ0) is 15.1. The van der Waals surface area contributed by atoms with Gasteiger partial charge in [0.1, 0.15) is 0 Å². The SMILES string of the molecule is Cc1ccc(NC(=O)CN(C)CC(=O)NC(C)C)cc1. The molecule has 5 nitrogen and oxygen atoms in total. The Kier molecular flexibility index (Phi) is 6.18. The summed E-state index contributed by atoms with van der Waals surface area (Å²) in [5.74, 6) is -0.209. The lowest BCUT2D eigenvalue weighted by Gasteiger charge is -2.17. The largest absolute Gasteiger partial charge is 0.353 e. The minimum Gasteiger partial charge on any atom is -0.353 e. The molecule has 1 aromatic carbocycles. The Morgan fingerprint density at radius 2 is 1.65 bits per heavy atom. The first-order valence-corrected chi connectivity index (χ1v) is 6.71. The Balaban J connectivity index is 2.38. The molecule has 0 fully saturated rings. The zero-order valence-corrected chi connectivity index (χ0v) is 12.6. The molecule has 0 aromatic heterocycles. The summed E-state index contributed by atoms with van der Waals surface area (Å²) in [6, 6.07) is 7.71. The fourth-order valence-electron chi connectivity index (χ4n) is 1.75. The molecule has 5 heteroatoms. The predicted molar refractivity (Wildman–Crippen MR) is 80.6 cm³/mol. The third kappa shape index (κ3) is 6.33. The van der Waals surface area contributed by atoms with Gasteiger partial charge in [-0.25, -0.2) is 0 Å². The van der Waals surface area contributed by atoms with Gasteiger partial charge in [-0.15, -0.1) is 0 Å². The third-order valence-electron chi connectivity index (χ3n) is 2.61. The number of carbonyl (C=O) groups is 2. The van der Waals surface area contributed by atoms with Crippen molar-refractivity contribution in [1.29, 1.82) is 0 Å². The van der Waals surface area contributed by atoms with E-state index < -0.39 is 0 Å². The standard InChI is InChI=1S/C15H23N3O2/c1-11(2)16-14(19)9-18(4)10-15(20)17-13-7-5-12(3)6-8-13/h5-8,11H,9-10H2,1-4H3,(H,16,19)(H,17,20). The number of nitrogens with zero attached hydrogens (tertiary/aromatic N) is 1. The molecule has 1 rings (SSSR count). The highest BCUT2D eigenvalue weighted by atomic mass is 16.2. The van der Waals surface area contributed by atoms with E-state index in [-0.39, 0.29) is 30.9 Å². The van der Waals surface area contributed by atoms with Crippen molar-refractivity contribution >= 4 is 17.5 Å². The van der Waals surface area contributed by atoms with Gasteiger partial charge in [0.05, 0.1) is 13.1 Å². The van der Waals surface area contributed by atoms with E-state index in [1.165, 1.54) is 0 Å². The quantitative estimate of drug-likeness (QED) is 0.826. The minimum absolute atomic E-state index is 0.0781. The van der Waals surface area contributed by atoms with Gasteiger partial charge in [0.15, 0.2) is 0 Å². The van der Waals surface area contributed by atoms with Crippen LogP contribution in [0.2, 0.25) is 0 Å². The number of anilines is 1. The molecule has 20 heavy (non-hydrogen) atoms.